The van der Waals surface area contributed by atoms with E-state index < -0.39 is 0 Å². The van der Waals surface area contributed by atoms with Crippen LogP contribution >= 0.6 is 0 Å². The number of hydrogen-bond acceptors (Lipinski definition) is 5. The third-order valence-corrected chi connectivity index (χ3v) is 3.22. The summed E-state index contributed by atoms with van der Waals surface area (Å²) in [5.74, 6) is 1.15. The molecule has 0 atom stereocenters. The first kappa shape index (κ1) is 21.4. The Morgan fingerprint density at radius 2 is 1.88 bits per heavy atom. The highest BCUT2D eigenvalue weighted by Gasteiger charge is 2.04. The number of hydrogen-bond donors (Lipinski definition) is 2. The van der Waals surface area contributed by atoms with Crippen LogP contribution in [0.2, 0.25) is 0 Å². The van der Waals surface area contributed by atoms with E-state index in [4.69, 9.17) is 14.2 Å². The van der Waals surface area contributed by atoms with E-state index in [1.54, 1.807) is 0 Å². The number of amides is 1. The van der Waals surface area contributed by atoms with Gasteiger partial charge < -0.3 is 24.8 Å². The van der Waals surface area contributed by atoms with Crippen molar-refractivity contribution in [1.29, 1.82) is 0 Å². The molecule has 0 bridgehead atoms. The molecule has 6 nitrogen and oxygen atoms in total. The van der Waals surface area contributed by atoms with Gasteiger partial charge in [-0.2, -0.15) is 0 Å². The molecule has 0 aliphatic carbocycles. The molecule has 0 heterocycles. The fraction of sp³-hybridized carbons (Fsp3) is 0.632. The van der Waals surface area contributed by atoms with Crippen LogP contribution in [0.5, 0.6) is 5.75 Å². The summed E-state index contributed by atoms with van der Waals surface area (Å²) in [6, 6.07) is 7.43. The second kappa shape index (κ2) is 13.6. The van der Waals surface area contributed by atoms with Crippen molar-refractivity contribution in [2.45, 2.75) is 27.2 Å². The van der Waals surface area contributed by atoms with Crippen LogP contribution in [0.15, 0.2) is 24.3 Å². The third-order valence-electron chi connectivity index (χ3n) is 3.22. The Morgan fingerprint density at radius 1 is 1.12 bits per heavy atom. The van der Waals surface area contributed by atoms with E-state index in [1.165, 1.54) is 0 Å². The number of nitrogens with one attached hydrogen (secondary N) is 2. The first-order chi connectivity index (χ1) is 12.1. The Kier molecular flexibility index (Phi) is 11.7. The first-order valence-electron chi connectivity index (χ1n) is 9.00. The zero-order valence-electron chi connectivity index (χ0n) is 15.7. The molecule has 0 saturated carbocycles. The molecule has 0 spiro atoms. The van der Waals surface area contributed by atoms with E-state index >= 15 is 0 Å². The number of carbonyl (C=O) groups excluding carboxylic acids is 1. The highest BCUT2D eigenvalue weighted by molar-refractivity contribution is 5.90. The van der Waals surface area contributed by atoms with Gasteiger partial charge in [0.15, 0.2) is 0 Å². The van der Waals surface area contributed by atoms with Crippen LogP contribution in [0.25, 0.3) is 0 Å². The van der Waals surface area contributed by atoms with E-state index in [0.717, 1.165) is 24.5 Å². The Labute approximate surface area is 151 Å². The van der Waals surface area contributed by atoms with Crippen LogP contribution in [-0.2, 0) is 14.3 Å². The fourth-order valence-corrected chi connectivity index (χ4v) is 1.96. The summed E-state index contributed by atoms with van der Waals surface area (Å²) in [5, 5.41) is 6.03. The number of anilines is 1. The lowest BCUT2D eigenvalue weighted by Gasteiger charge is -2.11. The third kappa shape index (κ3) is 11.5. The molecule has 1 aromatic rings. The number of likely N-dealkylation sites (N-methyl/N-ethyl adjacent to an activating group) is 1. The van der Waals surface area contributed by atoms with Crippen molar-refractivity contribution in [3.63, 3.8) is 0 Å². The number of rotatable bonds is 14. The molecule has 1 aromatic carbocycles. The molecule has 0 fully saturated rings. The zero-order valence-corrected chi connectivity index (χ0v) is 15.7. The maximum Gasteiger partial charge on any atom is 0.226 e. The second-order valence-corrected chi connectivity index (χ2v) is 6.11. The van der Waals surface area contributed by atoms with Gasteiger partial charge in [-0.15, -0.1) is 0 Å². The van der Waals surface area contributed by atoms with Crippen molar-refractivity contribution in [2.24, 2.45) is 5.92 Å². The smallest absolute Gasteiger partial charge is 0.226 e. The summed E-state index contributed by atoms with van der Waals surface area (Å²) >= 11 is 0. The van der Waals surface area contributed by atoms with Gasteiger partial charge >= 0.3 is 0 Å². The molecule has 25 heavy (non-hydrogen) atoms. The van der Waals surface area contributed by atoms with Crippen molar-refractivity contribution < 1.29 is 19.0 Å². The van der Waals surface area contributed by atoms with Crippen molar-refractivity contribution in [3.05, 3.63) is 24.3 Å². The van der Waals surface area contributed by atoms with Gasteiger partial charge in [-0.25, -0.2) is 0 Å². The van der Waals surface area contributed by atoms with Gasteiger partial charge in [-0.3, -0.25) is 4.79 Å². The van der Waals surface area contributed by atoms with Crippen LogP contribution in [0, 0.1) is 5.92 Å². The molecule has 0 aromatic heterocycles. The minimum absolute atomic E-state index is 0.0749. The van der Waals surface area contributed by atoms with Gasteiger partial charge in [0.1, 0.15) is 5.75 Å². The minimum Gasteiger partial charge on any atom is -0.493 e. The first-order valence-corrected chi connectivity index (χ1v) is 9.00. The van der Waals surface area contributed by atoms with E-state index in [-0.39, 0.29) is 5.91 Å². The van der Waals surface area contributed by atoms with Crippen LogP contribution < -0.4 is 15.4 Å². The van der Waals surface area contributed by atoms with Gasteiger partial charge in [-0.1, -0.05) is 26.8 Å². The van der Waals surface area contributed by atoms with Crippen molar-refractivity contribution >= 4 is 11.6 Å². The molecule has 0 aliphatic rings. The predicted molar refractivity (Wildman–Crippen MR) is 100 cm³/mol. The molecule has 2 N–H and O–H groups in total. The van der Waals surface area contributed by atoms with E-state index in [2.05, 4.69) is 31.4 Å². The lowest BCUT2D eigenvalue weighted by molar-refractivity contribution is -0.117. The zero-order chi connectivity index (χ0) is 18.3. The van der Waals surface area contributed by atoms with Crippen LogP contribution in [0.4, 0.5) is 5.69 Å². The normalized spacial score (nSPS) is 10.9. The second-order valence-electron chi connectivity index (χ2n) is 6.11. The maximum absolute atomic E-state index is 11.9. The summed E-state index contributed by atoms with van der Waals surface area (Å²) in [5.41, 5.74) is 0.734. The molecule has 1 amide bonds. The molecular formula is C19H32N2O4. The number of carbonyl (C=O) groups is 1. The molecule has 1 rings (SSSR count). The lowest BCUT2D eigenvalue weighted by Crippen LogP contribution is -2.20. The molecule has 0 aliphatic heterocycles. The van der Waals surface area contributed by atoms with Gasteiger partial charge in [0.05, 0.1) is 39.5 Å². The van der Waals surface area contributed by atoms with Gasteiger partial charge in [-0.05, 0) is 24.6 Å². The van der Waals surface area contributed by atoms with Crippen molar-refractivity contribution in [2.75, 3.05) is 51.4 Å². The monoisotopic (exact) mass is 352 g/mol. The highest BCUT2D eigenvalue weighted by Crippen LogP contribution is 2.18. The van der Waals surface area contributed by atoms with Crippen LogP contribution in [0.1, 0.15) is 27.2 Å². The Bertz CT molecular complexity index is 480. The Balaban J connectivity index is 2.12. The van der Waals surface area contributed by atoms with E-state index in [1.807, 2.05) is 24.3 Å². The average molecular weight is 352 g/mol. The van der Waals surface area contributed by atoms with Crippen LogP contribution in [-0.4, -0.2) is 52.0 Å². The summed E-state index contributed by atoms with van der Waals surface area (Å²) in [6.45, 7) is 10.8. The lowest BCUT2D eigenvalue weighted by atomic mass is 10.2. The van der Waals surface area contributed by atoms with Gasteiger partial charge in [0.2, 0.25) is 5.91 Å². The molecular weight excluding hydrogens is 320 g/mol. The summed E-state index contributed by atoms with van der Waals surface area (Å²) < 4.78 is 16.5. The average Bonchev–Trinajstić information content (AvgIpc) is 2.59. The highest BCUT2D eigenvalue weighted by atomic mass is 16.5. The maximum atomic E-state index is 11.9. The molecule has 0 radical (unpaired) electrons. The van der Waals surface area contributed by atoms with Crippen LogP contribution in [0.3, 0.4) is 0 Å². The number of ether oxygens (including phenoxy) is 3. The van der Waals surface area contributed by atoms with Gasteiger partial charge in [0, 0.05) is 18.3 Å². The number of benzene rings is 1. The van der Waals surface area contributed by atoms with Gasteiger partial charge in [0.25, 0.3) is 0 Å². The quantitative estimate of drug-likeness (QED) is 0.504. The summed E-state index contributed by atoms with van der Waals surface area (Å²) in [7, 11) is 0. The SMILES string of the molecule is CCNCCOCCOCCC(=O)Nc1cccc(OCC(C)C)c1. The Hall–Kier alpha value is -1.63. The molecule has 6 heteroatoms. The largest absolute Gasteiger partial charge is 0.493 e. The predicted octanol–water partition coefficient (Wildman–Crippen LogP) is 2.69. The van der Waals surface area contributed by atoms with E-state index in [9.17, 15) is 4.79 Å². The molecule has 0 unspecified atom stereocenters. The molecule has 0 saturated heterocycles. The fourth-order valence-electron chi connectivity index (χ4n) is 1.96. The van der Waals surface area contributed by atoms with Crippen molar-refractivity contribution in [3.8, 4) is 5.75 Å². The molecule has 142 valence electrons. The Morgan fingerprint density at radius 3 is 2.60 bits per heavy atom. The standard InChI is InChI=1S/C19H32N2O4/c1-4-20-9-11-24-13-12-23-10-8-19(22)21-17-6-5-7-18(14-17)25-15-16(2)3/h5-7,14,16,20H,4,8-13,15H2,1-3H3,(H,21,22). The van der Waals surface area contributed by atoms with Crippen molar-refractivity contribution in [1.82, 2.24) is 5.32 Å². The minimum atomic E-state index is -0.0749. The van der Waals surface area contributed by atoms with E-state index in [0.29, 0.717) is 45.4 Å². The summed E-state index contributed by atoms with van der Waals surface area (Å²) in [4.78, 5) is 11.9. The summed E-state index contributed by atoms with van der Waals surface area (Å²) in [6.07, 6.45) is 0.314. The topological polar surface area (TPSA) is 68.8 Å².